The summed E-state index contributed by atoms with van der Waals surface area (Å²) in [7, 11) is 0. The normalized spacial score (nSPS) is 15.2. The van der Waals surface area contributed by atoms with Gasteiger partial charge in [0.05, 0.1) is 21.2 Å². The standard InChI is InChI=1S/C20H20Cl2N2O4S/c21-17-13(11-14-6-10-29-19(14)18(17)22)1-2-15(25)24-8-4-12(5-9-24)20(28)23-7-3-16(26)27/h1-2,6,10-12H,3-5,7-9H2,(H,23,28)(H,26,27). The van der Waals surface area contributed by atoms with E-state index >= 15 is 0 Å². The maximum Gasteiger partial charge on any atom is 0.305 e. The molecular weight excluding hydrogens is 435 g/mol. The Kier molecular flexibility index (Phi) is 7.16. The van der Waals surface area contributed by atoms with Crippen LogP contribution in [0.2, 0.25) is 10.0 Å². The molecule has 2 N–H and O–H groups in total. The summed E-state index contributed by atoms with van der Waals surface area (Å²) in [6.07, 6.45) is 4.14. The van der Waals surface area contributed by atoms with E-state index in [4.69, 9.17) is 28.3 Å². The predicted molar refractivity (Wildman–Crippen MR) is 115 cm³/mol. The molecule has 1 fully saturated rings. The summed E-state index contributed by atoms with van der Waals surface area (Å²) in [6, 6.07) is 3.85. The molecule has 0 spiro atoms. The summed E-state index contributed by atoms with van der Waals surface area (Å²) in [6.45, 7) is 1.06. The van der Waals surface area contributed by atoms with E-state index in [1.165, 1.54) is 17.4 Å². The van der Waals surface area contributed by atoms with E-state index in [2.05, 4.69) is 5.32 Å². The minimum absolute atomic E-state index is 0.0996. The molecule has 2 heterocycles. The van der Waals surface area contributed by atoms with Gasteiger partial charge in [0.1, 0.15) is 0 Å². The number of hydrogen-bond acceptors (Lipinski definition) is 4. The number of fused-ring (bicyclic) bond motifs is 1. The van der Waals surface area contributed by atoms with Crippen molar-refractivity contribution in [2.75, 3.05) is 19.6 Å². The van der Waals surface area contributed by atoms with Crippen LogP contribution in [0, 0.1) is 5.92 Å². The number of likely N-dealkylation sites (tertiary alicyclic amines) is 1. The fourth-order valence-electron chi connectivity index (χ4n) is 3.26. The highest BCUT2D eigenvalue weighted by Crippen LogP contribution is 2.37. The maximum atomic E-state index is 12.5. The van der Waals surface area contributed by atoms with Gasteiger partial charge in [-0.05, 0) is 47.4 Å². The van der Waals surface area contributed by atoms with Crippen molar-refractivity contribution in [3.63, 3.8) is 0 Å². The Balaban J connectivity index is 1.55. The Bertz CT molecular complexity index is 965. The summed E-state index contributed by atoms with van der Waals surface area (Å²) >= 11 is 14.2. The number of nitrogens with zero attached hydrogens (tertiary/aromatic N) is 1. The lowest BCUT2D eigenvalue weighted by Crippen LogP contribution is -2.42. The number of benzene rings is 1. The van der Waals surface area contributed by atoms with Crippen molar-refractivity contribution in [1.82, 2.24) is 10.2 Å². The van der Waals surface area contributed by atoms with Gasteiger partial charge in [0.2, 0.25) is 11.8 Å². The summed E-state index contributed by atoms with van der Waals surface area (Å²) in [5.74, 6) is -1.45. The molecule has 0 unspecified atom stereocenters. The molecule has 1 aromatic carbocycles. The van der Waals surface area contributed by atoms with Crippen molar-refractivity contribution >= 4 is 68.5 Å². The van der Waals surface area contributed by atoms with Gasteiger partial charge in [-0.15, -0.1) is 11.3 Å². The molecule has 6 nitrogen and oxygen atoms in total. The molecule has 29 heavy (non-hydrogen) atoms. The molecule has 0 saturated carbocycles. The number of thiophene rings is 1. The maximum absolute atomic E-state index is 12.5. The first-order valence-electron chi connectivity index (χ1n) is 9.18. The first-order valence-corrected chi connectivity index (χ1v) is 10.8. The molecule has 2 aromatic rings. The van der Waals surface area contributed by atoms with Crippen LogP contribution in [0.5, 0.6) is 0 Å². The summed E-state index contributed by atoms with van der Waals surface area (Å²) in [4.78, 5) is 36.8. The Labute approximate surface area is 182 Å². The zero-order chi connectivity index (χ0) is 21.0. The number of piperidine rings is 1. The SMILES string of the molecule is O=C(O)CCNC(=O)C1CCN(C(=O)C=Cc2cc3ccsc3c(Cl)c2Cl)CC1. The molecule has 0 atom stereocenters. The number of hydrogen-bond donors (Lipinski definition) is 2. The Morgan fingerprint density at radius 1 is 1.24 bits per heavy atom. The van der Waals surface area contributed by atoms with Crippen molar-refractivity contribution in [3.05, 3.63) is 39.2 Å². The summed E-state index contributed by atoms with van der Waals surface area (Å²) in [5.41, 5.74) is 0.684. The molecule has 0 bridgehead atoms. The third-order valence-corrected chi connectivity index (χ3v) is 6.81. The molecule has 1 saturated heterocycles. The third kappa shape index (κ3) is 5.29. The van der Waals surface area contributed by atoms with E-state index in [-0.39, 0.29) is 30.7 Å². The number of carboxylic acids is 1. The monoisotopic (exact) mass is 454 g/mol. The second kappa shape index (κ2) is 9.61. The Morgan fingerprint density at radius 3 is 2.66 bits per heavy atom. The number of aliphatic carboxylic acids is 1. The average Bonchev–Trinajstić information content (AvgIpc) is 3.18. The van der Waals surface area contributed by atoms with Crippen LogP contribution < -0.4 is 5.32 Å². The highest BCUT2D eigenvalue weighted by atomic mass is 35.5. The molecular formula is C20H20Cl2N2O4S. The largest absolute Gasteiger partial charge is 0.481 e. The number of rotatable bonds is 6. The number of halogens is 2. The second-order valence-corrected chi connectivity index (χ2v) is 8.47. The summed E-state index contributed by atoms with van der Waals surface area (Å²) < 4.78 is 0.920. The van der Waals surface area contributed by atoms with E-state index in [0.29, 0.717) is 41.5 Å². The van der Waals surface area contributed by atoms with Crippen LogP contribution in [0.15, 0.2) is 23.6 Å². The van der Waals surface area contributed by atoms with Crippen LogP contribution in [-0.2, 0) is 14.4 Å². The topological polar surface area (TPSA) is 86.7 Å². The second-order valence-electron chi connectivity index (χ2n) is 6.80. The molecule has 1 aliphatic rings. The highest BCUT2D eigenvalue weighted by Gasteiger charge is 2.26. The molecule has 154 valence electrons. The minimum atomic E-state index is -0.947. The van der Waals surface area contributed by atoms with Crippen molar-refractivity contribution < 1.29 is 19.5 Å². The first kappa shape index (κ1) is 21.6. The lowest BCUT2D eigenvalue weighted by atomic mass is 9.95. The fraction of sp³-hybridized carbons (Fsp3) is 0.350. The van der Waals surface area contributed by atoms with Crippen LogP contribution in [0.1, 0.15) is 24.8 Å². The molecule has 9 heteroatoms. The van der Waals surface area contributed by atoms with Gasteiger partial charge >= 0.3 is 5.97 Å². The van der Waals surface area contributed by atoms with E-state index < -0.39 is 5.97 Å². The molecule has 2 amide bonds. The molecule has 3 rings (SSSR count). The Hall–Kier alpha value is -2.09. The highest BCUT2D eigenvalue weighted by molar-refractivity contribution is 7.18. The zero-order valence-electron chi connectivity index (χ0n) is 15.5. The zero-order valence-corrected chi connectivity index (χ0v) is 17.8. The predicted octanol–water partition coefficient (Wildman–Crippen LogP) is 4.05. The van der Waals surface area contributed by atoms with Crippen molar-refractivity contribution in [1.29, 1.82) is 0 Å². The number of carbonyl (C=O) groups is 3. The van der Waals surface area contributed by atoms with Gasteiger partial charge < -0.3 is 15.3 Å². The quantitative estimate of drug-likeness (QED) is 0.644. The Morgan fingerprint density at radius 2 is 1.97 bits per heavy atom. The first-order chi connectivity index (χ1) is 13.9. The van der Waals surface area contributed by atoms with Crippen molar-refractivity contribution in [2.24, 2.45) is 5.92 Å². The van der Waals surface area contributed by atoms with Crippen LogP contribution in [-0.4, -0.2) is 47.4 Å². The minimum Gasteiger partial charge on any atom is -0.481 e. The average molecular weight is 455 g/mol. The molecule has 1 aliphatic heterocycles. The molecule has 1 aromatic heterocycles. The lowest BCUT2D eigenvalue weighted by molar-refractivity contribution is -0.137. The van der Waals surface area contributed by atoms with Gasteiger partial charge in [-0.3, -0.25) is 14.4 Å². The van der Waals surface area contributed by atoms with Crippen molar-refractivity contribution in [3.8, 4) is 0 Å². The molecule has 0 radical (unpaired) electrons. The fourth-order valence-corrected chi connectivity index (χ4v) is 4.69. The summed E-state index contributed by atoms with van der Waals surface area (Å²) in [5, 5.41) is 15.1. The van der Waals surface area contributed by atoms with Gasteiger partial charge in [0, 0.05) is 31.6 Å². The van der Waals surface area contributed by atoms with E-state index in [9.17, 15) is 14.4 Å². The smallest absolute Gasteiger partial charge is 0.305 e. The van der Waals surface area contributed by atoms with Gasteiger partial charge in [0.15, 0.2) is 0 Å². The third-order valence-electron chi connectivity index (χ3n) is 4.87. The molecule has 0 aliphatic carbocycles. The van der Waals surface area contributed by atoms with Gasteiger partial charge in [0.25, 0.3) is 0 Å². The number of carboxylic acid groups (broad SMARTS) is 1. The van der Waals surface area contributed by atoms with Gasteiger partial charge in [-0.1, -0.05) is 23.2 Å². The lowest BCUT2D eigenvalue weighted by Gasteiger charge is -2.30. The van der Waals surface area contributed by atoms with E-state index in [1.807, 2.05) is 17.5 Å². The van der Waals surface area contributed by atoms with Gasteiger partial charge in [-0.25, -0.2) is 0 Å². The van der Waals surface area contributed by atoms with Crippen molar-refractivity contribution in [2.45, 2.75) is 19.3 Å². The van der Waals surface area contributed by atoms with Gasteiger partial charge in [-0.2, -0.15) is 0 Å². The van der Waals surface area contributed by atoms with E-state index in [1.54, 1.807) is 11.0 Å². The number of carbonyl (C=O) groups excluding carboxylic acids is 2. The van der Waals surface area contributed by atoms with Crippen LogP contribution in [0.3, 0.4) is 0 Å². The number of amides is 2. The van der Waals surface area contributed by atoms with Crippen LogP contribution in [0.4, 0.5) is 0 Å². The van der Waals surface area contributed by atoms with Crippen LogP contribution in [0.25, 0.3) is 16.2 Å². The number of nitrogens with one attached hydrogen (secondary N) is 1. The van der Waals surface area contributed by atoms with E-state index in [0.717, 1.165) is 10.1 Å². The van der Waals surface area contributed by atoms with Crippen LogP contribution >= 0.6 is 34.5 Å².